The normalized spacial score (nSPS) is 11.3. The van der Waals surface area contributed by atoms with E-state index in [2.05, 4.69) is 0 Å². The topological polar surface area (TPSA) is 52.3 Å². The van der Waals surface area contributed by atoms with Crippen molar-refractivity contribution >= 4 is 34.2 Å². The van der Waals surface area contributed by atoms with E-state index in [1.54, 1.807) is 43.4 Å². The average Bonchev–Trinajstić information content (AvgIpc) is 2.10. The number of nitrogens with two attached hydrogens (primary N) is 1. The summed E-state index contributed by atoms with van der Waals surface area (Å²) < 4.78 is 18.7. The van der Waals surface area contributed by atoms with E-state index in [1.807, 2.05) is 0 Å². The highest BCUT2D eigenvalue weighted by Gasteiger charge is 2.19. The first-order valence-corrected chi connectivity index (χ1v) is 5.76. The molecule has 0 bridgehead atoms. The van der Waals surface area contributed by atoms with Gasteiger partial charge in [0.25, 0.3) is 0 Å². The maximum Gasteiger partial charge on any atom is 0.338 e. The maximum atomic E-state index is 13.2. The molecule has 0 saturated heterocycles. The van der Waals surface area contributed by atoms with Crippen molar-refractivity contribution in [2.75, 3.05) is 5.73 Å². The van der Waals surface area contributed by atoms with Crippen molar-refractivity contribution in [1.82, 2.24) is 0 Å². The zero-order valence-corrected chi connectivity index (χ0v) is 11.5. The smallest absolute Gasteiger partial charge is 0.338 e. The summed E-state index contributed by atoms with van der Waals surface area (Å²) >= 11 is 1.78. The highest BCUT2D eigenvalue weighted by atomic mass is 127. The summed E-state index contributed by atoms with van der Waals surface area (Å²) in [6.07, 6.45) is 0. The van der Waals surface area contributed by atoms with E-state index in [-0.39, 0.29) is 11.3 Å². The van der Waals surface area contributed by atoms with Gasteiger partial charge in [0.2, 0.25) is 0 Å². The lowest BCUT2D eigenvalue weighted by Crippen LogP contribution is -2.24. The summed E-state index contributed by atoms with van der Waals surface area (Å²) in [5.41, 5.74) is 5.07. The molecule has 3 nitrogen and oxygen atoms in total. The molecule has 0 unspecified atom stereocenters. The zero-order valence-electron chi connectivity index (χ0n) is 9.30. The molecule has 2 N–H and O–H groups in total. The summed E-state index contributed by atoms with van der Waals surface area (Å²) in [5.74, 6) is -1.01. The van der Waals surface area contributed by atoms with Crippen molar-refractivity contribution < 1.29 is 13.9 Å². The van der Waals surface area contributed by atoms with E-state index >= 15 is 0 Å². The Balaban J connectivity index is 3.02. The zero-order chi connectivity index (χ0) is 12.5. The van der Waals surface area contributed by atoms with Crippen LogP contribution >= 0.6 is 22.6 Å². The molecule has 88 valence electrons. The van der Waals surface area contributed by atoms with Crippen LogP contribution in [0.5, 0.6) is 0 Å². The number of hydrogen-bond donors (Lipinski definition) is 1. The Bertz CT molecular complexity index is 403. The van der Waals surface area contributed by atoms with Gasteiger partial charge in [0.1, 0.15) is 5.60 Å². The Morgan fingerprint density at radius 3 is 2.44 bits per heavy atom. The number of carbonyl (C=O) groups excluding carboxylic acids is 1. The van der Waals surface area contributed by atoms with Gasteiger partial charge in [-0.15, -0.1) is 0 Å². The molecule has 0 amide bonds. The number of hydrogen-bond acceptors (Lipinski definition) is 3. The predicted octanol–water partition coefficient (Wildman–Crippen LogP) is 2.97. The van der Waals surface area contributed by atoms with Gasteiger partial charge >= 0.3 is 5.97 Å². The SMILES string of the molecule is CC(C)(C)OC(=O)c1cc(N)c(F)c(I)c1. The number of benzene rings is 1. The van der Waals surface area contributed by atoms with Crippen LogP contribution in [0.2, 0.25) is 0 Å². The van der Waals surface area contributed by atoms with E-state index in [0.717, 1.165) is 0 Å². The third kappa shape index (κ3) is 3.33. The first kappa shape index (κ1) is 13.2. The molecular formula is C11H13FINO2. The number of anilines is 1. The van der Waals surface area contributed by atoms with E-state index in [9.17, 15) is 9.18 Å². The van der Waals surface area contributed by atoms with Crippen LogP contribution in [0.3, 0.4) is 0 Å². The van der Waals surface area contributed by atoms with Crippen LogP contribution in [0.1, 0.15) is 31.1 Å². The number of halogens is 2. The molecule has 0 aliphatic heterocycles. The number of carbonyl (C=O) groups is 1. The van der Waals surface area contributed by atoms with E-state index < -0.39 is 17.4 Å². The highest BCUT2D eigenvalue weighted by molar-refractivity contribution is 14.1. The second-order valence-electron chi connectivity index (χ2n) is 4.36. The summed E-state index contributed by atoms with van der Waals surface area (Å²) in [6.45, 7) is 5.30. The fourth-order valence-electron chi connectivity index (χ4n) is 1.07. The van der Waals surface area contributed by atoms with Gasteiger partial charge in [0.15, 0.2) is 5.82 Å². The molecule has 0 atom stereocenters. The van der Waals surface area contributed by atoms with Crippen molar-refractivity contribution in [3.05, 3.63) is 27.1 Å². The van der Waals surface area contributed by atoms with Crippen molar-refractivity contribution in [3.8, 4) is 0 Å². The quantitative estimate of drug-likeness (QED) is 0.487. The fourth-order valence-corrected chi connectivity index (χ4v) is 1.71. The second kappa shape index (κ2) is 4.57. The van der Waals surface area contributed by atoms with Crippen LogP contribution in [0.15, 0.2) is 12.1 Å². The molecule has 1 aromatic carbocycles. The minimum absolute atomic E-state index is 0.0484. The Morgan fingerprint density at radius 2 is 2.00 bits per heavy atom. The number of nitrogen functional groups attached to an aromatic ring is 1. The standard InChI is InChI=1S/C11H13FINO2/c1-11(2,3)16-10(15)6-4-7(13)9(12)8(14)5-6/h4-5H,14H2,1-3H3. The minimum Gasteiger partial charge on any atom is -0.456 e. The average molecular weight is 337 g/mol. The second-order valence-corrected chi connectivity index (χ2v) is 5.53. The summed E-state index contributed by atoms with van der Waals surface area (Å²) in [6, 6.07) is 2.70. The first-order valence-electron chi connectivity index (χ1n) is 4.68. The van der Waals surface area contributed by atoms with Gasteiger partial charge in [-0.1, -0.05) is 0 Å². The summed E-state index contributed by atoms with van der Waals surface area (Å²) in [4.78, 5) is 11.7. The molecule has 0 aromatic heterocycles. The third-order valence-corrected chi connectivity index (χ3v) is 2.48. The number of ether oxygens (including phenoxy) is 1. The Morgan fingerprint density at radius 1 is 1.44 bits per heavy atom. The molecule has 0 spiro atoms. The van der Waals surface area contributed by atoms with Crippen LogP contribution in [-0.4, -0.2) is 11.6 Å². The molecule has 5 heteroatoms. The molecule has 0 radical (unpaired) electrons. The minimum atomic E-state index is -0.578. The van der Waals surface area contributed by atoms with Gasteiger partial charge < -0.3 is 10.5 Å². The Kier molecular flexibility index (Phi) is 3.77. The third-order valence-electron chi connectivity index (χ3n) is 1.69. The van der Waals surface area contributed by atoms with E-state index in [1.165, 1.54) is 12.1 Å². The molecule has 0 aliphatic carbocycles. The molecule has 1 aromatic rings. The van der Waals surface area contributed by atoms with Gasteiger partial charge in [-0.25, -0.2) is 9.18 Å². The van der Waals surface area contributed by atoms with Gasteiger partial charge in [-0.05, 0) is 55.5 Å². The summed E-state index contributed by atoms with van der Waals surface area (Å²) in [7, 11) is 0. The van der Waals surface area contributed by atoms with Crippen LogP contribution < -0.4 is 5.73 Å². The first-order chi connectivity index (χ1) is 7.20. The van der Waals surface area contributed by atoms with Crippen LogP contribution in [-0.2, 0) is 4.74 Å². The van der Waals surface area contributed by atoms with Crippen molar-refractivity contribution in [2.24, 2.45) is 0 Å². The van der Waals surface area contributed by atoms with E-state index in [0.29, 0.717) is 3.57 Å². The molecular weight excluding hydrogens is 324 g/mol. The Labute approximate surface area is 107 Å². The number of rotatable bonds is 1. The molecule has 0 saturated carbocycles. The maximum absolute atomic E-state index is 13.2. The Hall–Kier alpha value is -0.850. The van der Waals surface area contributed by atoms with E-state index in [4.69, 9.17) is 10.5 Å². The van der Waals surface area contributed by atoms with Crippen molar-refractivity contribution in [3.63, 3.8) is 0 Å². The largest absolute Gasteiger partial charge is 0.456 e. The molecule has 0 aliphatic rings. The molecule has 0 fully saturated rings. The van der Waals surface area contributed by atoms with Crippen LogP contribution in [0.4, 0.5) is 10.1 Å². The van der Waals surface area contributed by atoms with Crippen LogP contribution in [0.25, 0.3) is 0 Å². The highest BCUT2D eigenvalue weighted by Crippen LogP contribution is 2.21. The molecule has 1 rings (SSSR count). The van der Waals surface area contributed by atoms with Crippen LogP contribution in [0, 0.1) is 9.39 Å². The van der Waals surface area contributed by atoms with Gasteiger partial charge in [0, 0.05) is 0 Å². The lowest BCUT2D eigenvalue weighted by atomic mass is 10.1. The van der Waals surface area contributed by atoms with Crippen molar-refractivity contribution in [1.29, 1.82) is 0 Å². The molecule has 16 heavy (non-hydrogen) atoms. The van der Waals surface area contributed by atoms with Gasteiger partial charge in [-0.3, -0.25) is 0 Å². The van der Waals surface area contributed by atoms with Gasteiger partial charge in [-0.2, -0.15) is 0 Å². The monoisotopic (exact) mass is 337 g/mol. The molecule has 0 heterocycles. The lowest BCUT2D eigenvalue weighted by molar-refractivity contribution is 0.00695. The number of esters is 1. The van der Waals surface area contributed by atoms with Gasteiger partial charge in [0.05, 0.1) is 14.8 Å². The van der Waals surface area contributed by atoms with Crippen molar-refractivity contribution in [2.45, 2.75) is 26.4 Å². The fraction of sp³-hybridized carbons (Fsp3) is 0.364. The predicted molar refractivity (Wildman–Crippen MR) is 68.7 cm³/mol. The summed E-state index contributed by atoms with van der Waals surface area (Å²) in [5, 5.41) is 0. The lowest BCUT2D eigenvalue weighted by Gasteiger charge is -2.19.